The molecule has 0 aromatic carbocycles. The van der Waals surface area contributed by atoms with Crippen LogP contribution in [-0.4, -0.2) is 37.0 Å². The molecule has 12 heavy (non-hydrogen) atoms. The van der Waals surface area contributed by atoms with Gasteiger partial charge in [-0.25, -0.2) is 0 Å². The van der Waals surface area contributed by atoms with E-state index in [-0.39, 0.29) is 18.0 Å². The molecule has 0 saturated carbocycles. The third-order valence-electron chi connectivity index (χ3n) is 0.709. The van der Waals surface area contributed by atoms with Gasteiger partial charge in [0.25, 0.3) is 0 Å². The minimum Gasteiger partial charge on any atom is -0.351 e. The smallest absolute Gasteiger partial charge is 0.209 e. The molecule has 0 N–H and O–H groups in total. The van der Waals surface area contributed by atoms with Gasteiger partial charge in [-0.05, 0) is 13.8 Å². The normalized spacial score (nSPS) is 7.67. The van der Waals surface area contributed by atoms with Gasteiger partial charge in [-0.2, -0.15) is 0 Å². The Bertz CT molecular complexity index is 152. The molecule has 0 unspecified atom stereocenters. The van der Waals surface area contributed by atoms with E-state index in [0.717, 1.165) is 6.41 Å². The second-order valence-electron chi connectivity index (χ2n) is 2.65. The van der Waals surface area contributed by atoms with Crippen LogP contribution in [0.15, 0.2) is 0 Å². The Kier molecular flexibility index (Phi) is 8.84. The number of amides is 1. The third kappa shape index (κ3) is 23.2. The molecule has 4 heteroatoms. The molecular weight excluding hydrogens is 158 g/mol. The summed E-state index contributed by atoms with van der Waals surface area (Å²) in [5, 5.41) is 0. The number of Topliss-reactive ketones (excluding diaryl/α,β-unsaturated/α-hetero) is 2. The standard InChI is InChI=1S/C5H8O2.C3H7NO/c1-4(6)3-5(2)7;1-4(2)3-5/h3H2,1-2H3;3H,1-2H3. The Morgan fingerprint density at radius 1 is 1.17 bits per heavy atom. The number of rotatable bonds is 3. The Morgan fingerprint density at radius 3 is 1.42 bits per heavy atom. The molecule has 0 aliphatic carbocycles. The molecule has 0 saturated heterocycles. The first-order valence-corrected chi connectivity index (χ1v) is 3.50. The summed E-state index contributed by atoms with van der Waals surface area (Å²) in [7, 11) is 3.38. The molecule has 0 radical (unpaired) electrons. The van der Waals surface area contributed by atoms with E-state index in [0.29, 0.717) is 0 Å². The fourth-order valence-corrected chi connectivity index (χ4v) is 0.351. The largest absolute Gasteiger partial charge is 0.351 e. The molecule has 0 aliphatic rings. The van der Waals surface area contributed by atoms with Gasteiger partial charge in [0.2, 0.25) is 6.41 Å². The lowest BCUT2D eigenvalue weighted by atomic mass is 10.2. The van der Waals surface area contributed by atoms with E-state index in [1.165, 1.54) is 18.7 Å². The quantitative estimate of drug-likeness (QED) is 0.454. The monoisotopic (exact) mass is 173 g/mol. The molecule has 0 atom stereocenters. The van der Waals surface area contributed by atoms with Crippen molar-refractivity contribution < 1.29 is 14.4 Å². The molecule has 0 spiro atoms. The number of ketones is 2. The average Bonchev–Trinajstić information content (AvgIpc) is 1.85. The number of carbonyl (C=O) groups excluding carboxylic acids is 3. The molecule has 4 nitrogen and oxygen atoms in total. The highest BCUT2D eigenvalue weighted by Gasteiger charge is 1.94. The molecule has 0 aliphatic heterocycles. The zero-order valence-corrected chi connectivity index (χ0v) is 7.96. The van der Waals surface area contributed by atoms with Crippen LogP contribution in [0, 0.1) is 0 Å². The van der Waals surface area contributed by atoms with Gasteiger partial charge >= 0.3 is 0 Å². The van der Waals surface area contributed by atoms with Crippen molar-refractivity contribution >= 4 is 18.0 Å². The zero-order valence-electron chi connectivity index (χ0n) is 7.96. The predicted octanol–water partition coefficient (Wildman–Crippen LogP) is 0.259. The van der Waals surface area contributed by atoms with Crippen LogP contribution in [0.1, 0.15) is 20.3 Å². The highest BCUT2D eigenvalue weighted by atomic mass is 16.1. The highest BCUT2D eigenvalue weighted by Crippen LogP contribution is 1.80. The van der Waals surface area contributed by atoms with E-state index < -0.39 is 0 Å². The van der Waals surface area contributed by atoms with Crippen LogP contribution in [0.5, 0.6) is 0 Å². The lowest BCUT2D eigenvalue weighted by molar-refractivity contribution is -0.124. The SMILES string of the molecule is CC(=O)CC(C)=O.CN(C)C=O. The topological polar surface area (TPSA) is 54.5 Å². The number of nitrogens with zero attached hydrogens (tertiary/aromatic N) is 1. The van der Waals surface area contributed by atoms with Crippen molar-refractivity contribution in [1.29, 1.82) is 0 Å². The van der Waals surface area contributed by atoms with Crippen molar-refractivity contribution in [2.75, 3.05) is 14.1 Å². The summed E-state index contributed by atoms with van der Waals surface area (Å²) in [6.07, 6.45) is 0.833. The fourth-order valence-electron chi connectivity index (χ4n) is 0.351. The Labute approximate surface area is 72.5 Å². The van der Waals surface area contributed by atoms with Gasteiger partial charge in [-0.15, -0.1) is 0 Å². The number of carbonyl (C=O) groups is 3. The van der Waals surface area contributed by atoms with Gasteiger partial charge in [0.15, 0.2) is 0 Å². The van der Waals surface area contributed by atoms with Gasteiger partial charge in [0.05, 0.1) is 6.42 Å². The molecule has 1 amide bonds. The maximum absolute atomic E-state index is 10.0. The van der Waals surface area contributed by atoms with E-state index in [2.05, 4.69) is 0 Å². The molecule has 0 rings (SSSR count). The van der Waals surface area contributed by atoms with E-state index in [4.69, 9.17) is 0 Å². The number of hydrogen-bond acceptors (Lipinski definition) is 3. The molecule has 0 bridgehead atoms. The van der Waals surface area contributed by atoms with Crippen LogP contribution in [0.2, 0.25) is 0 Å². The van der Waals surface area contributed by atoms with Crippen molar-refractivity contribution in [3.8, 4) is 0 Å². The summed E-state index contributed by atoms with van der Waals surface area (Å²) >= 11 is 0. The van der Waals surface area contributed by atoms with Crippen molar-refractivity contribution in [3.05, 3.63) is 0 Å². The third-order valence-corrected chi connectivity index (χ3v) is 0.709. The zero-order chi connectivity index (χ0) is 10.1. The fraction of sp³-hybridized carbons (Fsp3) is 0.625. The van der Waals surface area contributed by atoms with Gasteiger partial charge in [0, 0.05) is 14.1 Å². The van der Waals surface area contributed by atoms with Crippen LogP contribution < -0.4 is 0 Å². The minimum atomic E-state index is -0.0625. The first-order chi connectivity index (χ1) is 5.40. The van der Waals surface area contributed by atoms with Crippen molar-refractivity contribution in [2.45, 2.75) is 20.3 Å². The first kappa shape index (κ1) is 13.4. The lowest BCUT2D eigenvalue weighted by Crippen LogP contribution is -2.06. The van der Waals surface area contributed by atoms with Crippen LogP contribution in [0.25, 0.3) is 0 Å². The van der Waals surface area contributed by atoms with Crippen LogP contribution >= 0.6 is 0 Å². The Balaban J connectivity index is 0. The maximum atomic E-state index is 10.0. The summed E-state index contributed by atoms with van der Waals surface area (Å²) in [5.41, 5.74) is 0. The molecule has 0 aromatic rings. The molecule has 0 heterocycles. The van der Waals surface area contributed by atoms with Gasteiger partial charge < -0.3 is 4.90 Å². The van der Waals surface area contributed by atoms with Gasteiger partial charge in [-0.3, -0.25) is 14.4 Å². The minimum absolute atomic E-state index is 0.0625. The van der Waals surface area contributed by atoms with E-state index in [1.54, 1.807) is 14.1 Å². The second-order valence-corrected chi connectivity index (χ2v) is 2.65. The van der Waals surface area contributed by atoms with Crippen molar-refractivity contribution in [3.63, 3.8) is 0 Å². The number of hydrogen-bond donors (Lipinski definition) is 0. The van der Waals surface area contributed by atoms with E-state index in [1.807, 2.05) is 0 Å². The van der Waals surface area contributed by atoms with E-state index in [9.17, 15) is 14.4 Å². The molecule has 0 aromatic heterocycles. The van der Waals surface area contributed by atoms with Crippen LogP contribution in [-0.2, 0) is 14.4 Å². The predicted molar refractivity (Wildman–Crippen MR) is 45.7 cm³/mol. The molecule has 0 fully saturated rings. The summed E-state index contributed by atoms with van der Waals surface area (Å²) in [6.45, 7) is 2.81. The summed E-state index contributed by atoms with van der Waals surface area (Å²) in [5.74, 6) is -0.125. The van der Waals surface area contributed by atoms with Gasteiger partial charge in [-0.1, -0.05) is 0 Å². The van der Waals surface area contributed by atoms with Crippen molar-refractivity contribution in [1.82, 2.24) is 4.90 Å². The molecular formula is C8H15NO3. The van der Waals surface area contributed by atoms with E-state index >= 15 is 0 Å². The van der Waals surface area contributed by atoms with Crippen molar-refractivity contribution in [2.24, 2.45) is 0 Å². The van der Waals surface area contributed by atoms with Crippen LogP contribution in [0.4, 0.5) is 0 Å². The Morgan fingerprint density at radius 2 is 1.42 bits per heavy atom. The summed E-state index contributed by atoms with van der Waals surface area (Å²) < 4.78 is 0. The highest BCUT2D eigenvalue weighted by molar-refractivity contribution is 5.96. The lowest BCUT2D eigenvalue weighted by Gasteiger charge is -1.93. The average molecular weight is 173 g/mol. The first-order valence-electron chi connectivity index (χ1n) is 3.50. The summed E-state index contributed by atoms with van der Waals surface area (Å²) in [6, 6.07) is 0. The van der Waals surface area contributed by atoms with Gasteiger partial charge in [0.1, 0.15) is 11.6 Å². The second kappa shape index (κ2) is 7.91. The Hall–Kier alpha value is -1.19. The van der Waals surface area contributed by atoms with Crippen LogP contribution in [0.3, 0.4) is 0 Å². The maximum Gasteiger partial charge on any atom is 0.209 e. The molecule has 70 valence electrons. The summed E-state index contributed by atoms with van der Waals surface area (Å²) in [4.78, 5) is 30.9.